The van der Waals surface area contributed by atoms with Crippen molar-refractivity contribution >= 4 is 17.4 Å². The van der Waals surface area contributed by atoms with Crippen LogP contribution in [0.5, 0.6) is 0 Å². The first-order chi connectivity index (χ1) is 14.5. The van der Waals surface area contributed by atoms with Crippen molar-refractivity contribution in [1.29, 1.82) is 0 Å². The summed E-state index contributed by atoms with van der Waals surface area (Å²) in [4.78, 5) is 16.8. The van der Waals surface area contributed by atoms with E-state index in [0.29, 0.717) is 11.4 Å². The van der Waals surface area contributed by atoms with Crippen LogP contribution in [0.4, 0.5) is 16.2 Å². The van der Waals surface area contributed by atoms with Crippen molar-refractivity contribution in [3.63, 3.8) is 0 Å². The Morgan fingerprint density at radius 1 is 0.867 bits per heavy atom. The monoisotopic (exact) mass is 397 g/mol. The van der Waals surface area contributed by atoms with Gasteiger partial charge in [0.1, 0.15) is 0 Å². The molecular formula is C24H23N5O. The molecule has 2 aromatic heterocycles. The minimum absolute atomic E-state index is 0.304. The molecule has 2 N–H and O–H groups in total. The van der Waals surface area contributed by atoms with Gasteiger partial charge < -0.3 is 10.6 Å². The lowest BCUT2D eigenvalue weighted by atomic mass is 10.1. The molecule has 2 amide bonds. The summed E-state index contributed by atoms with van der Waals surface area (Å²) in [6, 6.07) is 21.3. The Labute approximate surface area is 175 Å². The normalized spacial score (nSPS) is 10.6. The number of carbonyl (C=O) groups is 1. The van der Waals surface area contributed by atoms with Crippen LogP contribution in [-0.4, -0.2) is 20.8 Å². The standard InChI is InChI=1S/C24H23N5O/c1-16-15-20(13-14-25-16)19-9-11-21(12-10-19)26-24(30)27-23-17(2)28-29(18(23)3)22-7-5-4-6-8-22/h4-15H,1-3H3,(H2,26,27,30). The number of urea groups is 1. The fraction of sp³-hybridized carbons (Fsp3) is 0.125. The second-order valence-corrected chi connectivity index (χ2v) is 7.14. The van der Waals surface area contributed by atoms with Crippen molar-refractivity contribution in [2.24, 2.45) is 0 Å². The van der Waals surface area contributed by atoms with Gasteiger partial charge in [0, 0.05) is 17.6 Å². The molecule has 0 radical (unpaired) electrons. The number of nitrogens with one attached hydrogen (secondary N) is 2. The molecule has 0 atom stereocenters. The van der Waals surface area contributed by atoms with Crippen LogP contribution in [0.25, 0.3) is 16.8 Å². The van der Waals surface area contributed by atoms with E-state index in [9.17, 15) is 4.79 Å². The van der Waals surface area contributed by atoms with Gasteiger partial charge in [0.2, 0.25) is 0 Å². The van der Waals surface area contributed by atoms with Crippen LogP contribution >= 0.6 is 0 Å². The molecule has 2 heterocycles. The number of benzene rings is 2. The summed E-state index contributed by atoms with van der Waals surface area (Å²) in [5, 5.41) is 10.4. The molecule has 6 nitrogen and oxygen atoms in total. The molecule has 30 heavy (non-hydrogen) atoms. The zero-order valence-electron chi connectivity index (χ0n) is 17.2. The Balaban J connectivity index is 1.47. The molecule has 4 aromatic rings. The van der Waals surface area contributed by atoms with Crippen LogP contribution in [0, 0.1) is 20.8 Å². The molecule has 0 spiro atoms. The minimum Gasteiger partial charge on any atom is -0.308 e. The van der Waals surface area contributed by atoms with E-state index in [0.717, 1.165) is 33.9 Å². The molecule has 0 aliphatic carbocycles. The second kappa shape index (κ2) is 8.21. The summed E-state index contributed by atoms with van der Waals surface area (Å²) in [5.74, 6) is 0. The summed E-state index contributed by atoms with van der Waals surface area (Å²) in [7, 11) is 0. The minimum atomic E-state index is -0.304. The van der Waals surface area contributed by atoms with Crippen LogP contribution in [-0.2, 0) is 0 Å². The first-order valence-electron chi connectivity index (χ1n) is 9.74. The van der Waals surface area contributed by atoms with Gasteiger partial charge in [-0.2, -0.15) is 5.10 Å². The highest BCUT2D eigenvalue weighted by Gasteiger charge is 2.15. The lowest BCUT2D eigenvalue weighted by Gasteiger charge is -2.10. The summed E-state index contributed by atoms with van der Waals surface area (Å²) < 4.78 is 1.83. The Morgan fingerprint density at radius 3 is 2.30 bits per heavy atom. The lowest BCUT2D eigenvalue weighted by molar-refractivity contribution is 0.262. The first-order valence-corrected chi connectivity index (χ1v) is 9.74. The Bertz CT molecular complexity index is 1180. The van der Waals surface area contributed by atoms with E-state index in [1.54, 1.807) is 6.20 Å². The maximum absolute atomic E-state index is 12.6. The predicted molar refractivity (Wildman–Crippen MR) is 120 cm³/mol. The van der Waals surface area contributed by atoms with E-state index < -0.39 is 0 Å². The number of anilines is 2. The van der Waals surface area contributed by atoms with Crippen molar-refractivity contribution in [2.75, 3.05) is 10.6 Å². The number of amides is 2. The molecule has 2 aromatic carbocycles. The Kier molecular flexibility index (Phi) is 5.30. The average Bonchev–Trinajstić information content (AvgIpc) is 3.03. The fourth-order valence-electron chi connectivity index (χ4n) is 3.39. The summed E-state index contributed by atoms with van der Waals surface area (Å²) in [6.45, 7) is 5.79. The third-order valence-corrected chi connectivity index (χ3v) is 4.90. The zero-order valence-corrected chi connectivity index (χ0v) is 17.2. The van der Waals surface area contributed by atoms with E-state index in [-0.39, 0.29) is 6.03 Å². The van der Waals surface area contributed by atoms with Crippen molar-refractivity contribution in [2.45, 2.75) is 20.8 Å². The van der Waals surface area contributed by atoms with E-state index in [2.05, 4.69) is 20.7 Å². The van der Waals surface area contributed by atoms with Crippen LogP contribution in [0.3, 0.4) is 0 Å². The smallest absolute Gasteiger partial charge is 0.308 e. The molecule has 0 unspecified atom stereocenters. The Morgan fingerprint density at radius 2 is 1.60 bits per heavy atom. The number of hydrogen-bond donors (Lipinski definition) is 2. The van der Waals surface area contributed by atoms with Crippen molar-refractivity contribution in [3.05, 3.63) is 90.0 Å². The van der Waals surface area contributed by atoms with E-state index in [1.807, 2.05) is 92.2 Å². The second-order valence-electron chi connectivity index (χ2n) is 7.14. The number of pyridine rings is 1. The lowest BCUT2D eigenvalue weighted by Crippen LogP contribution is -2.20. The quantitative estimate of drug-likeness (QED) is 0.477. The Hall–Kier alpha value is -3.93. The SMILES string of the molecule is Cc1cc(-c2ccc(NC(=O)Nc3c(C)nn(-c4ccccc4)c3C)cc2)ccn1. The topological polar surface area (TPSA) is 71.8 Å². The van der Waals surface area contributed by atoms with Gasteiger partial charge in [-0.25, -0.2) is 9.48 Å². The first kappa shape index (κ1) is 19.4. The van der Waals surface area contributed by atoms with Crippen molar-refractivity contribution in [3.8, 4) is 16.8 Å². The van der Waals surface area contributed by atoms with E-state index in [4.69, 9.17) is 0 Å². The average molecular weight is 397 g/mol. The number of para-hydroxylation sites is 1. The fourth-order valence-corrected chi connectivity index (χ4v) is 3.39. The maximum atomic E-state index is 12.6. The molecule has 6 heteroatoms. The number of carbonyl (C=O) groups excluding carboxylic acids is 1. The van der Waals surface area contributed by atoms with Gasteiger partial charge in [-0.15, -0.1) is 0 Å². The largest absolute Gasteiger partial charge is 0.323 e. The number of aryl methyl sites for hydroxylation is 2. The van der Waals surface area contributed by atoms with Crippen LogP contribution in [0.2, 0.25) is 0 Å². The maximum Gasteiger partial charge on any atom is 0.323 e. The number of nitrogens with zero attached hydrogens (tertiary/aromatic N) is 3. The summed E-state index contributed by atoms with van der Waals surface area (Å²) >= 11 is 0. The number of hydrogen-bond acceptors (Lipinski definition) is 3. The number of aromatic nitrogens is 3. The highest BCUT2D eigenvalue weighted by atomic mass is 16.2. The molecular weight excluding hydrogens is 374 g/mol. The zero-order chi connectivity index (χ0) is 21.1. The van der Waals surface area contributed by atoms with Crippen LogP contribution in [0.15, 0.2) is 72.9 Å². The van der Waals surface area contributed by atoms with E-state index >= 15 is 0 Å². The van der Waals surface area contributed by atoms with Gasteiger partial charge in [0.05, 0.1) is 22.8 Å². The molecule has 0 aliphatic rings. The van der Waals surface area contributed by atoms with Gasteiger partial charge in [0.25, 0.3) is 0 Å². The number of rotatable bonds is 4. The van der Waals surface area contributed by atoms with Crippen molar-refractivity contribution in [1.82, 2.24) is 14.8 Å². The van der Waals surface area contributed by atoms with E-state index in [1.165, 1.54) is 0 Å². The van der Waals surface area contributed by atoms with Gasteiger partial charge >= 0.3 is 6.03 Å². The van der Waals surface area contributed by atoms with Crippen LogP contribution < -0.4 is 10.6 Å². The molecule has 0 aliphatic heterocycles. The molecule has 0 saturated heterocycles. The summed E-state index contributed by atoms with van der Waals surface area (Å²) in [5.41, 5.74) is 7.14. The van der Waals surface area contributed by atoms with Crippen molar-refractivity contribution < 1.29 is 4.79 Å². The molecule has 4 rings (SSSR count). The highest BCUT2D eigenvalue weighted by molar-refractivity contribution is 6.00. The van der Waals surface area contributed by atoms with Gasteiger partial charge in [-0.3, -0.25) is 4.98 Å². The third-order valence-electron chi connectivity index (χ3n) is 4.90. The molecule has 0 fully saturated rings. The van der Waals surface area contributed by atoms with Gasteiger partial charge in [-0.05, 0) is 68.3 Å². The predicted octanol–water partition coefficient (Wildman–Crippen LogP) is 5.50. The highest BCUT2D eigenvalue weighted by Crippen LogP contribution is 2.24. The molecule has 0 saturated carbocycles. The van der Waals surface area contributed by atoms with Crippen LogP contribution in [0.1, 0.15) is 17.1 Å². The summed E-state index contributed by atoms with van der Waals surface area (Å²) in [6.07, 6.45) is 1.80. The van der Waals surface area contributed by atoms with Gasteiger partial charge in [-0.1, -0.05) is 30.3 Å². The molecule has 150 valence electrons. The molecule has 0 bridgehead atoms. The third kappa shape index (κ3) is 4.07. The van der Waals surface area contributed by atoms with Gasteiger partial charge in [0.15, 0.2) is 0 Å².